The van der Waals surface area contributed by atoms with E-state index in [1.807, 2.05) is 30.6 Å². The van der Waals surface area contributed by atoms with E-state index in [9.17, 15) is 4.79 Å². The van der Waals surface area contributed by atoms with Crippen molar-refractivity contribution in [2.24, 2.45) is 34.5 Å². The molecule has 1 aromatic rings. The van der Waals surface area contributed by atoms with Crippen LogP contribution in [0.25, 0.3) is 0 Å². The average Bonchev–Trinajstić information content (AvgIpc) is 3.01. The highest BCUT2D eigenvalue weighted by molar-refractivity contribution is 5.78. The molecule has 26 heavy (non-hydrogen) atoms. The molecule has 2 saturated carbocycles. The molecule has 1 heterocycles. The summed E-state index contributed by atoms with van der Waals surface area (Å²) in [6, 6.07) is 6.01. The van der Waals surface area contributed by atoms with E-state index in [0.717, 1.165) is 25.8 Å². The Morgan fingerprint density at radius 2 is 1.85 bits per heavy atom. The van der Waals surface area contributed by atoms with Crippen LogP contribution >= 0.6 is 0 Å². The predicted molar refractivity (Wildman–Crippen MR) is 103 cm³/mol. The number of carbonyl (C=O) groups excluding carboxylic acids is 1. The van der Waals surface area contributed by atoms with E-state index in [1.165, 1.54) is 6.42 Å². The Labute approximate surface area is 159 Å². The lowest BCUT2D eigenvalue weighted by Crippen LogP contribution is -2.50. The first-order valence-corrected chi connectivity index (χ1v) is 10.4. The fourth-order valence-electron chi connectivity index (χ4n) is 5.64. The van der Waals surface area contributed by atoms with Crippen LogP contribution in [0.5, 0.6) is 0 Å². The molecule has 1 aromatic heterocycles. The molecule has 0 bridgehead atoms. The van der Waals surface area contributed by atoms with Crippen LogP contribution in [-0.2, 0) is 16.1 Å². The lowest BCUT2D eigenvalue weighted by atomic mass is 9.53. The summed E-state index contributed by atoms with van der Waals surface area (Å²) in [5.74, 6) is 2.36. The Hall–Kier alpha value is -1.38. The van der Waals surface area contributed by atoms with Crippen molar-refractivity contribution < 1.29 is 14.1 Å². The maximum atomic E-state index is 13.3. The molecule has 0 radical (unpaired) electrons. The van der Waals surface area contributed by atoms with Gasteiger partial charge in [-0.2, -0.15) is 0 Å². The molecule has 2 aliphatic carbocycles. The SMILES string of the molecule is CC(C)[C@@H]1CC[C@]2(C(=O)OCC[n+]3ccccc3)CCC(C)(C)C(C)C12. The molecule has 0 aromatic carbocycles. The van der Waals surface area contributed by atoms with Gasteiger partial charge in [0.2, 0.25) is 0 Å². The highest BCUT2D eigenvalue weighted by Crippen LogP contribution is 2.63. The topological polar surface area (TPSA) is 30.2 Å². The maximum absolute atomic E-state index is 13.3. The molecule has 0 amide bonds. The molecule has 0 aliphatic heterocycles. The largest absolute Gasteiger partial charge is 0.459 e. The van der Waals surface area contributed by atoms with Gasteiger partial charge in [0.05, 0.1) is 5.41 Å². The van der Waals surface area contributed by atoms with Gasteiger partial charge < -0.3 is 4.74 Å². The van der Waals surface area contributed by atoms with E-state index in [2.05, 4.69) is 39.2 Å². The molecule has 0 spiro atoms. The second kappa shape index (κ2) is 7.32. The number of esters is 1. The quantitative estimate of drug-likeness (QED) is 0.567. The van der Waals surface area contributed by atoms with Crippen molar-refractivity contribution >= 4 is 5.97 Å². The molecule has 3 heteroatoms. The van der Waals surface area contributed by atoms with Gasteiger partial charge in [-0.3, -0.25) is 4.79 Å². The minimum absolute atomic E-state index is 0.0736. The fourth-order valence-corrected chi connectivity index (χ4v) is 5.64. The number of rotatable bonds is 5. The van der Waals surface area contributed by atoms with E-state index >= 15 is 0 Å². The third kappa shape index (κ3) is 3.42. The lowest BCUT2D eigenvalue weighted by molar-refractivity contribution is -0.698. The first-order chi connectivity index (χ1) is 12.3. The molecule has 3 rings (SSSR count). The second-order valence-corrected chi connectivity index (χ2v) is 9.65. The van der Waals surface area contributed by atoms with E-state index in [-0.39, 0.29) is 11.4 Å². The zero-order valence-electron chi connectivity index (χ0n) is 17.2. The molecule has 144 valence electrons. The van der Waals surface area contributed by atoms with Crippen molar-refractivity contribution in [3.05, 3.63) is 30.6 Å². The molecule has 4 atom stereocenters. The van der Waals surface area contributed by atoms with Crippen LogP contribution in [0, 0.1) is 34.5 Å². The molecule has 0 saturated heterocycles. The number of pyridine rings is 1. The predicted octanol–water partition coefficient (Wildman–Crippen LogP) is 4.64. The number of fused-ring (bicyclic) bond motifs is 1. The summed E-state index contributed by atoms with van der Waals surface area (Å²) in [4.78, 5) is 13.3. The van der Waals surface area contributed by atoms with Crippen LogP contribution in [-0.4, -0.2) is 12.6 Å². The first kappa shape index (κ1) is 19.4. The molecule has 2 unspecified atom stereocenters. The van der Waals surface area contributed by atoms with Crippen LogP contribution < -0.4 is 4.57 Å². The van der Waals surface area contributed by atoms with Gasteiger partial charge in [0, 0.05) is 12.1 Å². The Morgan fingerprint density at radius 3 is 2.50 bits per heavy atom. The summed E-state index contributed by atoms with van der Waals surface area (Å²) in [7, 11) is 0. The van der Waals surface area contributed by atoms with Crippen molar-refractivity contribution in [2.75, 3.05) is 6.61 Å². The first-order valence-electron chi connectivity index (χ1n) is 10.4. The summed E-state index contributed by atoms with van der Waals surface area (Å²) in [6.07, 6.45) is 8.34. The summed E-state index contributed by atoms with van der Waals surface area (Å²) >= 11 is 0. The summed E-state index contributed by atoms with van der Waals surface area (Å²) in [5, 5.41) is 0. The number of aromatic nitrogens is 1. The zero-order valence-corrected chi connectivity index (χ0v) is 17.2. The smallest absolute Gasteiger partial charge is 0.312 e. The number of carbonyl (C=O) groups is 1. The highest BCUT2D eigenvalue weighted by Gasteiger charge is 2.61. The zero-order chi connectivity index (χ0) is 18.9. The normalized spacial score (nSPS) is 33.1. The van der Waals surface area contributed by atoms with Crippen LogP contribution in [0.2, 0.25) is 0 Å². The molecule has 2 aliphatic rings. The lowest BCUT2D eigenvalue weighted by Gasteiger charge is -2.51. The summed E-state index contributed by atoms with van der Waals surface area (Å²) in [5.41, 5.74) is 0.0665. The highest BCUT2D eigenvalue weighted by atomic mass is 16.5. The van der Waals surface area contributed by atoms with Crippen molar-refractivity contribution in [3.8, 4) is 0 Å². The van der Waals surface area contributed by atoms with Gasteiger partial charge in [-0.1, -0.05) is 40.7 Å². The molecule has 3 nitrogen and oxygen atoms in total. The third-order valence-corrected chi connectivity index (χ3v) is 7.63. The Balaban J connectivity index is 1.74. The van der Waals surface area contributed by atoms with Gasteiger partial charge >= 0.3 is 5.97 Å². The van der Waals surface area contributed by atoms with E-state index in [0.29, 0.717) is 35.7 Å². The molecule has 0 N–H and O–H groups in total. The van der Waals surface area contributed by atoms with Gasteiger partial charge in [-0.25, -0.2) is 4.57 Å². The minimum atomic E-state index is -0.245. The molecule has 2 fully saturated rings. The van der Waals surface area contributed by atoms with Crippen LogP contribution in [0.1, 0.15) is 60.3 Å². The van der Waals surface area contributed by atoms with Crippen molar-refractivity contribution in [1.29, 1.82) is 0 Å². The number of hydrogen-bond donors (Lipinski definition) is 0. The van der Waals surface area contributed by atoms with Crippen LogP contribution in [0.4, 0.5) is 0 Å². The van der Waals surface area contributed by atoms with Crippen molar-refractivity contribution in [1.82, 2.24) is 0 Å². The Kier molecular flexibility index (Phi) is 5.46. The van der Waals surface area contributed by atoms with Gasteiger partial charge in [0.1, 0.15) is 0 Å². The summed E-state index contributed by atoms with van der Waals surface area (Å²) < 4.78 is 7.94. The van der Waals surface area contributed by atoms with Gasteiger partial charge in [0.15, 0.2) is 25.5 Å². The van der Waals surface area contributed by atoms with Crippen LogP contribution in [0.15, 0.2) is 30.6 Å². The van der Waals surface area contributed by atoms with Crippen molar-refractivity contribution in [3.63, 3.8) is 0 Å². The van der Waals surface area contributed by atoms with E-state index < -0.39 is 0 Å². The number of hydrogen-bond acceptors (Lipinski definition) is 2. The Bertz CT molecular complexity index is 624. The monoisotopic (exact) mass is 358 g/mol. The maximum Gasteiger partial charge on any atom is 0.312 e. The van der Waals surface area contributed by atoms with Gasteiger partial charge in [-0.15, -0.1) is 0 Å². The minimum Gasteiger partial charge on any atom is -0.459 e. The van der Waals surface area contributed by atoms with Crippen LogP contribution in [0.3, 0.4) is 0 Å². The fraction of sp³-hybridized carbons (Fsp3) is 0.739. The molecular formula is C23H36NO2+. The van der Waals surface area contributed by atoms with Gasteiger partial charge in [0.25, 0.3) is 0 Å². The van der Waals surface area contributed by atoms with E-state index in [1.54, 1.807) is 0 Å². The third-order valence-electron chi connectivity index (χ3n) is 7.63. The second-order valence-electron chi connectivity index (χ2n) is 9.65. The van der Waals surface area contributed by atoms with E-state index in [4.69, 9.17) is 4.74 Å². The molecular weight excluding hydrogens is 322 g/mol. The average molecular weight is 359 g/mol. The number of nitrogens with zero attached hydrogens (tertiary/aromatic N) is 1. The van der Waals surface area contributed by atoms with Crippen molar-refractivity contribution in [2.45, 2.75) is 66.8 Å². The number of ether oxygens (including phenoxy) is 1. The van der Waals surface area contributed by atoms with Gasteiger partial charge in [-0.05, 0) is 54.8 Å². The summed E-state index contributed by atoms with van der Waals surface area (Å²) in [6.45, 7) is 13.0. The standard InChI is InChI=1S/C23H36NO2/c1-17(2)19-9-10-23(12-11-22(4,5)18(3)20(19)23)21(25)26-16-15-24-13-7-6-8-14-24/h6-8,13-14,17-20H,9-12,15-16H2,1-5H3/q+1/t18?,19-,20?,23-/m0/s1. The Morgan fingerprint density at radius 1 is 1.15 bits per heavy atom.